The molecule has 1 aliphatic rings. The second-order valence-electron chi connectivity index (χ2n) is 5.65. The molecule has 1 saturated heterocycles. The van der Waals surface area contributed by atoms with E-state index in [9.17, 15) is 8.42 Å². The lowest BCUT2D eigenvalue weighted by Crippen LogP contribution is -2.42. The van der Waals surface area contributed by atoms with Crippen LogP contribution in [0.15, 0.2) is 0 Å². The molecule has 0 unspecified atom stereocenters. The average molecular weight is 279 g/mol. The summed E-state index contributed by atoms with van der Waals surface area (Å²) < 4.78 is 33.6. The van der Waals surface area contributed by atoms with Gasteiger partial charge in [0.05, 0.1) is 12.4 Å². The summed E-state index contributed by atoms with van der Waals surface area (Å²) in [5.41, 5.74) is -0.358. The van der Waals surface area contributed by atoms with Crippen LogP contribution in [0.3, 0.4) is 0 Å². The van der Waals surface area contributed by atoms with Crippen LogP contribution in [0.2, 0.25) is 0 Å². The van der Waals surface area contributed by atoms with E-state index in [0.29, 0.717) is 45.2 Å². The van der Waals surface area contributed by atoms with Crippen molar-refractivity contribution in [2.45, 2.75) is 33.1 Å². The van der Waals surface area contributed by atoms with E-state index < -0.39 is 10.0 Å². The molecule has 0 bridgehead atoms. The molecule has 1 aliphatic heterocycles. The Kier molecular flexibility index (Phi) is 6.04. The summed E-state index contributed by atoms with van der Waals surface area (Å²) in [6.45, 7) is 6.58. The molecule has 0 aromatic carbocycles. The van der Waals surface area contributed by atoms with Crippen molar-refractivity contribution >= 4 is 10.0 Å². The molecule has 108 valence electrons. The average Bonchev–Trinajstić information content (AvgIpc) is 2.23. The lowest BCUT2D eigenvalue weighted by Gasteiger charge is -2.36. The van der Waals surface area contributed by atoms with Crippen LogP contribution in [0.4, 0.5) is 0 Å². The predicted molar refractivity (Wildman–Crippen MR) is 70.7 cm³/mol. The molecule has 1 fully saturated rings. The van der Waals surface area contributed by atoms with Gasteiger partial charge in [-0.25, -0.2) is 13.6 Å². The summed E-state index contributed by atoms with van der Waals surface area (Å²) in [5, 5.41) is 5.18. The summed E-state index contributed by atoms with van der Waals surface area (Å²) in [4.78, 5) is 0. The SMILES string of the molecule is CC(C)CCOCC1(CS(N)(=O)=O)CCOCC1. The molecule has 18 heavy (non-hydrogen) atoms. The summed E-state index contributed by atoms with van der Waals surface area (Å²) in [5.74, 6) is 0.583. The Hall–Kier alpha value is -0.170. The second kappa shape index (κ2) is 6.84. The zero-order valence-corrected chi connectivity index (χ0v) is 12.2. The second-order valence-corrected chi connectivity index (χ2v) is 7.27. The predicted octanol–water partition coefficient (Wildman–Crippen LogP) is 1.13. The Labute approximate surface area is 110 Å². The fourth-order valence-electron chi connectivity index (χ4n) is 2.17. The molecule has 0 amide bonds. The minimum atomic E-state index is -3.47. The van der Waals surface area contributed by atoms with E-state index in [4.69, 9.17) is 14.6 Å². The Morgan fingerprint density at radius 3 is 2.44 bits per heavy atom. The molecule has 0 atom stereocenters. The molecule has 0 aromatic rings. The number of sulfonamides is 1. The third-order valence-electron chi connectivity index (χ3n) is 3.31. The maximum atomic E-state index is 11.3. The molecule has 0 spiro atoms. The Balaban J connectivity index is 2.50. The monoisotopic (exact) mass is 279 g/mol. The van der Waals surface area contributed by atoms with Crippen molar-refractivity contribution in [2.75, 3.05) is 32.2 Å². The van der Waals surface area contributed by atoms with Crippen molar-refractivity contribution in [3.8, 4) is 0 Å². The maximum Gasteiger partial charge on any atom is 0.209 e. The van der Waals surface area contributed by atoms with Crippen molar-refractivity contribution in [3.05, 3.63) is 0 Å². The molecular weight excluding hydrogens is 254 g/mol. The van der Waals surface area contributed by atoms with Gasteiger partial charge in [0.15, 0.2) is 0 Å². The Morgan fingerprint density at radius 2 is 1.94 bits per heavy atom. The van der Waals surface area contributed by atoms with Crippen LogP contribution < -0.4 is 5.14 Å². The number of ether oxygens (including phenoxy) is 2. The first kappa shape index (κ1) is 15.9. The fourth-order valence-corrected chi connectivity index (χ4v) is 3.39. The van der Waals surface area contributed by atoms with Crippen molar-refractivity contribution in [1.29, 1.82) is 0 Å². The van der Waals surface area contributed by atoms with Gasteiger partial charge < -0.3 is 9.47 Å². The van der Waals surface area contributed by atoms with Crippen molar-refractivity contribution in [1.82, 2.24) is 0 Å². The van der Waals surface area contributed by atoms with Gasteiger partial charge in [0, 0.05) is 25.2 Å². The first-order valence-electron chi connectivity index (χ1n) is 6.49. The molecule has 5 nitrogen and oxygen atoms in total. The van der Waals surface area contributed by atoms with Gasteiger partial charge in [-0.2, -0.15) is 0 Å². The number of rotatable bonds is 7. The van der Waals surface area contributed by atoms with E-state index in [1.165, 1.54) is 0 Å². The molecule has 1 rings (SSSR count). The number of hydrogen-bond acceptors (Lipinski definition) is 4. The van der Waals surface area contributed by atoms with Crippen LogP contribution in [0.1, 0.15) is 33.1 Å². The first-order valence-corrected chi connectivity index (χ1v) is 8.20. The highest BCUT2D eigenvalue weighted by molar-refractivity contribution is 7.89. The van der Waals surface area contributed by atoms with E-state index in [2.05, 4.69) is 13.8 Å². The minimum Gasteiger partial charge on any atom is -0.381 e. The zero-order chi connectivity index (χ0) is 13.6. The van der Waals surface area contributed by atoms with Gasteiger partial charge in [0.25, 0.3) is 0 Å². The first-order chi connectivity index (χ1) is 8.33. The number of hydrogen-bond donors (Lipinski definition) is 1. The van der Waals surface area contributed by atoms with Crippen LogP contribution >= 0.6 is 0 Å². The molecular formula is C12H25NO4S. The number of primary sulfonamides is 1. The fraction of sp³-hybridized carbons (Fsp3) is 1.00. The zero-order valence-electron chi connectivity index (χ0n) is 11.4. The molecule has 6 heteroatoms. The van der Waals surface area contributed by atoms with Crippen LogP contribution in [0.25, 0.3) is 0 Å². The standard InChI is InChI=1S/C12H25NO4S/c1-11(2)3-6-17-9-12(10-18(13,14)15)4-7-16-8-5-12/h11H,3-10H2,1-2H3,(H2,13,14,15). The van der Waals surface area contributed by atoms with E-state index in [0.717, 1.165) is 6.42 Å². The van der Waals surface area contributed by atoms with Gasteiger partial charge in [0.1, 0.15) is 0 Å². The highest BCUT2D eigenvalue weighted by Gasteiger charge is 2.36. The summed E-state index contributed by atoms with van der Waals surface area (Å²) >= 11 is 0. The van der Waals surface area contributed by atoms with Gasteiger partial charge in [-0.15, -0.1) is 0 Å². The topological polar surface area (TPSA) is 78.6 Å². The van der Waals surface area contributed by atoms with Gasteiger partial charge in [-0.3, -0.25) is 0 Å². The molecule has 0 aliphatic carbocycles. The maximum absolute atomic E-state index is 11.3. The lowest BCUT2D eigenvalue weighted by molar-refractivity contribution is -0.0296. The Bertz CT molecular complexity index is 334. The summed E-state index contributed by atoms with van der Waals surface area (Å²) in [7, 11) is -3.47. The van der Waals surface area contributed by atoms with E-state index >= 15 is 0 Å². The van der Waals surface area contributed by atoms with Crippen LogP contribution in [0.5, 0.6) is 0 Å². The third-order valence-corrected chi connectivity index (χ3v) is 4.32. The van der Waals surface area contributed by atoms with Gasteiger partial charge in [-0.05, 0) is 25.2 Å². The summed E-state index contributed by atoms with van der Waals surface area (Å²) in [6, 6.07) is 0. The molecule has 2 N–H and O–H groups in total. The highest BCUT2D eigenvalue weighted by atomic mass is 32.2. The largest absolute Gasteiger partial charge is 0.381 e. The lowest BCUT2D eigenvalue weighted by atomic mass is 9.83. The smallest absolute Gasteiger partial charge is 0.209 e. The summed E-state index contributed by atoms with van der Waals surface area (Å²) in [6.07, 6.45) is 2.39. The van der Waals surface area contributed by atoms with Crippen LogP contribution in [-0.4, -0.2) is 40.6 Å². The van der Waals surface area contributed by atoms with Crippen molar-refractivity contribution in [3.63, 3.8) is 0 Å². The minimum absolute atomic E-state index is 0.00889. The molecule has 0 saturated carbocycles. The molecule has 0 aromatic heterocycles. The van der Waals surface area contributed by atoms with E-state index in [1.54, 1.807) is 0 Å². The third kappa shape index (κ3) is 6.13. The number of nitrogens with two attached hydrogens (primary N) is 1. The van der Waals surface area contributed by atoms with Crippen molar-refractivity contribution in [2.24, 2.45) is 16.5 Å². The van der Waals surface area contributed by atoms with E-state index in [1.807, 2.05) is 0 Å². The quantitative estimate of drug-likeness (QED) is 0.709. The molecule has 0 radical (unpaired) electrons. The van der Waals surface area contributed by atoms with Gasteiger partial charge in [-0.1, -0.05) is 13.8 Å². The van der Waals surface area contributed by atoms with Crippen LogP contribution in [-0.2, 0) is 19.5 Å². The Morgan fingerprint density at radius 1 is 1.33 bits per heavy atom. The normalized spacial score (nSPS) is 20.2. The van der Waals surface area contributed by atoms with Crippen LogP contribution in [0, 0.1) is 11.3 Å². The highest BCUT2D eigenvalue weighted by Crippen LogP contribution is 2.32. The van der Waals surface area contributed by atoms with Crippen molar-refractivity contribution < 1.29 is 17.9 Å². The van der Waals surface area contributed by atoms with E-state index in [-0.39, 0.29) is 11.2 Å². The van der Waals surface area contributed by atoms with Gasteiger partial charge >= 0.3 is 0 Å². The van der Waals surface area contributed by atoms with Gasteiger partial charge in [0.2, 0.25) is 10.0 Å². The molecule has 1 heterocycles.